The third-order valence-electron chi connectivity index (χ3n) is 3.30. The summed E-state index contributed by atoms with van der Waals surface area (Å²) in [6.45, 7) is 1.94. The van der Waals surface area contributed by atoms with Crippen LogP contribution < -0.4 is 5.73 Å². The number of amides is 1. The van der Waals surface area contributed by atoms with E-state index in [9.17, 15) is 13.2 Å². The fraction of sp³-hybridized carbons (Fsp3) is 0.235. The zero-order valence-corrected chi connectivity index (χ0v) is 13.7. The van der Waals surface area contributed by atoms with Crippen LogP contribution in [0.4, 0.5) is 0 Å². The van der Waals surface area contributed by atoms with Crippen molar-refractivity contribution in [2.24, 2.45) is 5.73 Å². The average molecular weight is 333 g/mol. The molecule has 0 heterocycles. The van der Waals surface area contributed by atoms with Crippen molar-refractivity contribution in [1.29, 1.82) is 0 Å². The molecule has 0 radical (unpaired) electrons. The fourth-order valence-electron chi connectivity index (χ4n) is 2.12. The smallest absolute Gasteiger partial charge is 0.296 e. The van der Waals surface area contributed by atoms with E-state index in [1.807, 2.05) is 31.2 Å². The summed E-state index contributed by atoms with van der Waals surface area (Å²) in [5.41, 5.74) is 8.08. The lowest BCUT2D eigenvalue weighted by Crippen LogP contribution is -2.13. The highest BCUT2D eigenvalue weighted by atomic mass is 32.2. The number of aryl methyl sites for hydroxylation is 1. The summed E-state index contributed by atoms with van der Waals surface area (Å²) < 4.78 is 29.0. The maximum absolute atomic E-state index is 12.0. The normalized spacial score (nSPS) is 11.3. The minimum atomic E-state index is -3.82. The number of benzene rings is 2. The Balaban J connectivity index is 2.07. The standard InChI is InChI=1S/C17H19NO4S/c1-13-4-2-5-15(12-13)14-7-9-16(10-8-14)23(20,21)22-11-3-6-17(18)19/h2,4-5,7-10,12H,3,6,11H2,1H3,(H2,18,19). The van der Waals surface area contributed by atoms with Gasteiger partial charge in [0.05, 0.1) is 11.5 Å². The van der Waals surface area contributed by atoms with E-state index >= 15 is 0 Å². The Morgan fingerprint density at radius 1 is 1.09 bits per heavy atom. The van der Waals surface area contributed by atoms with E-state index in [2.05, 4.69) is 0 Å². The van der Waals surface area contributed by atoms with Crippen molar-refractivity contribution in [2.75, 3.05) is 6.61 Å². The van der Waals surface area contributed by atoms with E-state index < -0.39 is 16.0 Å². The van der Waals surface area contributed by atoms with Gasteiger partial charge in [-0.05, 0) is 36.6 Å². The molecule has 0 aliphatic carbocycles. The monoisotopic (exact) mass is 333 g/mol. The Kier molecular flexibility index (Phi) is 5.52. The van der Waals surface area contributed by atoms with Crippen molar-refractivity contribution < 1.29 is 17.4 Å². The second kappa shape index (κ2) is 7.39. The fourth-order valence-corrected chi connectivity index (χ4v) is 3.06. The maximum atomic E-state index is 12.0. The molecule has 23 heavy (non-hydrogen) atoms. The van der Waals surface area contributed by atoms with Crippen molar-refractivity contribution in [2.45, 2.75) is 24.7 Å². The number of primary amides is 1. The van der Waals surface area contributed by atoms with Crippen LogP contribution in [-0.2, 0) is 19.1 Å². The van der Waals surface area contributed by atoms with E-state index in [1.54, 1.807) is 12.1 Å². The van der Waals surface area contributed by atoms with E-state index in [0.29, 0.717) is 0 Å². The first-order valence-electron chi connectivity index (χ1n) is 7.23. The van der Waals surface area contributed by atoms with Gasteiger partial charge < -0.3 is 5.73 Å². The van der Waals surface area contributed by atoms with Crippen LogP contribution in [0, 0.1) is 6.92 Å². The van der Waals surface area contributed by atoms with Crippen LogP contribution in [0.2, 0.25) is 0 Å². The molecule has 0 saturated heterocycles. The van der Waals surface area contributed by atoms with Crippen molar-refractivity contribution in [3.05, 3.63) is 54.1 Å². The van der Waals surface area contributed by atoms with Gasteiger partial charge in [0.15, 0.2) is 0 Å². The molecule has 2 N–H and O–H groups in total. The highest BCUT2D eigenvalue weighted by Crippen LogP contribution is 2.23. The van der Waals surface area contributed by atoms with Gasteiger partial charge in [-0.25, -0.2) is 0 Å². The van der Waals surface area contributed by atoms with E-state index in [4.69, 9.17) is 9.92 Å². The van der Waals surface area contributed by atoms with Gasteiger partial charge >= 0.3 is 0 Å². The van der Waals surface area contributed by atoms with Crippen LogP contribution >= 0.6 is 0 Å². The highest BCUT2D eigenvalue weighted by molar-refractivity contribution is 7.86. The van der Waals surface area contributed by atoms with Crippen LogP contribution in [0.3, 0.4) is 0 Å². The molecule has 2 aromatic carbocycles. The van der Waals surface area contributed by atoms with Gasteiger partial charge in [0, 0.05) is 6.42 Å². The predicted octanol–water partition coefficient (Wildman–Crippen LogP) is 2.63. The van der Waals surface area contributed by atoms with Crippen LogP contribution in [0.1, 0.15) is 18.4 Å². The molecular weight excluding hydrogens is 314 g/mol. The molecule has 5 nitrogen and oxygen atoms in total. The Labute approximate surface area is 136 Å². The minimum absolute atomic E-state index is 0.0646. The lowest BCUT2D eigenvalue weighted by atomic mass is 10.0. The molecule has 1 amide bonds. The van der Waals surface area contributed by atoms with Crippen LogP contribution in [0.25, 0.3) is 11.1 Å². The number of hydrogen-bond acceptors (Lipinski definition) is 4. The molecule has 2 aromatic rings. The van der Waals surface area contributed by atoms with E-state index in [0.717, 1.165) is 16.7 Å². The Morgan fingerprint density at radius 2 is 1.78 bits per heavy atom. The molecule has 0 bridgehead atoms. The Hall–Kier alpha value is -2.18. The first-order chi connectivity index (χ1) is 10.9. The van der Waals surface area contributed by atoms with Gasteiger partial charge in [0.2, 0.25) is 5.91 Å². The minimum Gasteiger partial charge on any atom is -0.370 e. The van der Waals surface area contributed by atoms with Gasteiger partial charge in [0.1, 0.15) is 0 Å². The number of nitrogens with two attached hydrogens (primary N) is 1. The predicted molar refractivity (Wildman–Crippen MR) is 88.2 cm³/mol. The topological polar surface area (TPSA) is 86.5 Å². The highest BCUT2D eigenvalue weighted by Gasteiger charge is 2.15. The van der Waals surface area contributed by atoms with Crippen LogP contribution in [0.15, 0.2) is 53.4 Å². The van der Waals surface area contributed by atoms with Crippen molar-refractivity contribution in [1.82, 2.24) is 0 Å². The Morgan fingerprint density at radius 3 is 2.39 bits per heavy atom. The molecule has 0 atom stereocenters. The summed E-state index contributed by atoms with van der Waals surface area (Å²) in [5, 5.41) is 0. The maximum Gasteiger partial charge on any atom is 0.296 e. The van der Waals surface area contributed by atoms with Crippen molar-refractivity contribution in [3.63, 3.8) is 0 Å². The van der Waals surface area contributed by atoms with Crippen molar-refractivity contribution >= 4 is 16.0 Å². The van der Waals surface area contributed by atoms with Crippen LogP contribution in [0.5, 0.6) is 0 Å². The van der Waals surface area contributed by atoms with Crippen molar-refractivity contribution in [3.8, 4) is 11.1 Å². The molecule has 0 aliphatic heterocycles. The largest absolute Gasteiger partial charge is 0.370 e. The summed E-state index contributed by atoms with van der Waals surface area (Å²) in [6.07, 6.45) is 0.373. The van der Waals surface area contributed by atoms with Gasteiger partial charge in [-0.3, -0.25) is 8.98 Å². The molecule has 0 aliphatic rings. The van der Waals surface area contributed by atoms with E-state index in [1.165, 1.54) is 12.1 Å². The zero-order valence-electron chi connectivity index (χ0n) is 12.9. The summed E-state index contributed by atoms with van der Waals surface area (Å²) >= 11 is 0. The molecule has 0 aromatic heterocycles. The lowest BCUT2D eigenvalue weighted by molar-refractivity contribution is -0.118. The SMILES string of the molecule is Cc1cccc(-c2ccc(S(=O)(=O)OCCCC(N)=O)cc2)c1. The quantitative estimate of drug-likeness (QED) is 0.623. The number of hydrogen-bond donors (Lipinski definition) is 1. The summed E-state index contributed by atoms with van der Waals surface area (Å²) in [7, 11) is -3.82. The first kappa shape index (κ1) is 17.2. The summed E-state index contributed by atoms with van der Waals surface area (Å²) in [6, 6.07) is 14.5. The third-order valence-corrected chi connectivity index (χ3v) is 4.63. The number of carbonyl (C=O) groups is 1. The van der Waals surface area contributed by atoms with Gasteiger partial charge in [-0.15, -0.1) is 0 Å². The zero-order chi connectivity index (χ0) is 16.9. The average Bonchev–Trinajstić information content (AvgIpc) is 2.52. The third kappa shape index (κ3) is 4.91. The molecule has 0 fully saturated rings. The number of rotatable bonds is 7. The van der Waals surface area contributed by atoms with Crippen LogP contribution in [-0.4, -0.2) is 20.9 Å². The molecule has 0 spiro atoms. The molecule has 122 valence electrons. The molecule has 6 heteroatoms. The first-order valence-corrected chi connectivity index (χ1v) is 8.64. The van der Waals surface area contributed by atoms with E-state index in [-0.39, 0.29) is 24.3 Å². The molecular formula is C17H19NO4S. The molecule has 0 unspecified atom stereocenters. The lowest BCUT2D eigenvalue weighted by Gasteiger charge is -2.07. The molecule has 0 saturated carbocycles. The molecule has 2 rings (SSSR count). The summed E-state index contributed by atoms with van der Waals surface area (Å²) in [5.74, 6) is -0.478. The summed E-state index contributed by atoms with van der Waals surface area (Å²) in [4.78, 5) is 10.7. The van der Waals surface area contributed by atoms with Gasteiger partial charge in [0.25, 0.3) is 10.1 Å². The second-order valence-corrected chi connectivity index (χ2v) is 6.86. The Bertz CT molecular complexity index is 782. The van der Waals surface area contributed by atoms with Gasteiger partial charge in [-0.1, -0.05) is 42.0 Å². The number of carbonyl (C=O) groups excluding carboxylic acids is 1. The van der Waals surface area contributed by atoms with Gasteiger partial charge in [-0.2, -0.15) is 8.42 Å². The second-order valence-electron chi connectivity index (χ2n) is 5.24.